The van der Waals surface area contributed by atoms with Gasteiger partial charge in [-0.25, -0.2) is 4.39 Å². The van der Waals surface area contributed by atoms with Crippen molar-refractivity contribution < 1.29 is 9.13 Å². The Morgan fingerprint density at radius 1 is 1.15 bits per heavy atom. The Bertz CT molecular complexity index is 643. The molecule has 0 saturated carbocycles. The van der Waals surface area contributed by atoms with Gasteiger partial charge in [0.15, 0.2) is 0 Å². The van der Waals surface area contributed by atoms with Crippen LogP contribution >= 0.6 is 15.9 Å². The standard InChI is InChI=1S/C16H17BrFNO/c1-9-4-6-13(16(20-3)10(9)2)15(19)12-7-5-11(18)8-14(12)17/h4-8,15H,19H2,1-3H3. The molecule has 1 unspecified atom stereocenters. The average molecular weight is 338 g/mol. The van der Waals surface area contributed by atoms with Gasteiger partial charge in [0.2, 0.25) is 0 Å². The Balaban J connectivity index is 2.53. The molecule has 0 radical (unpaired) electrons. The fourth-order valence-electron chi connectivity index (χ4n) is 2.25. The number of ether oxygens (including phenoxy) is 1. The molecule has 0 heterocycles. The molecule has 0 aromatic heterocycles. The number of aryl methyl sites for hydroxylation is 1. The second kappa shape index (κ2) is 5.94. The van der Waals surface area contributed by atoms with E-state index in [1.807, 2.05) is 26.0 Å². The lowest BCUT2D eigenvalue weighted by Crippen LogP contribution is -2.14. The summed E-state index contributed by atoms with van der Waals surface area (Å²) in [5, 5.41) is 0. The van der Waals surface area contributed by atoms with Gasteiger partial charge in [0.1, 0.15) is 11.6 Å². The Hall–Kier alpha value is -1.39. The van der Waals surface area contributed by atoms with Crippen LogP contribution in [0, 0.1) is 19.7 Å². The van der Waals surface area contributed by atoms with Crippen molar-refractivity contribution in [3.63, 3.8) is 0 Å². The minimum absolute atomic E-state index is 0.292. The van der Waals surface area contributed by atoms with E-state index in [9.17, 15) is 4.39 Å². The van der Waals surface area contributed by atoms with E-state index in [1.165, 1.54) is 12.1 Å². The summed E-state index contributed by atoms with van der Waals surface area (Å²) in [6.45, 7) is 4.03. The van der Waals surface area contributed by atoms with Gasteiger partial charge >= 0.3 is 0 Å². The van der Waals surface area contributed by atoms with E-state index < -0.39 is 0 Å². The normalized spacial score (nSPS) is 12.3. The zero-order valence-electron chi connectivity index (χ0n) is 11.7. The molecule has 0 fully saturated rings. The third-order valence-corrected chi connectivity index (χ3v) is 4.23. The summed E-state index contributed by atoms with van der Waals surface area (Å²) in [4.78, 5) is 0. The fraction of sp³-hybridized carbons (Fsp3) is 0.250. The fourth-order valence-corrected chi connectivity index (χ4v) is 2.85. The number of benzene rings is 2. The first-order chi connectivity index (χ1) is 9.45. The summed E-state index contributed by atoms with van der Waals surface area (Å²) in [7, 11) is 1.64. The third-order valence-electron chi connectivity index (χ3n) is 3.54. The van der Waals surface area contributed by atoms with Crippen LogP contribution in [0.1, 0.15) is 28.3 Å². The van der Waals surface area contributed by atoms with Crippen LogP contribution < -0.4 is 10.5 Å². The third kappa shape index (κ3) is 2.72. The van der Waals surface area contributed by atoms with Gasteiger partial charge in [0.25, 0.3) is 0 Å². The summed E-state index contributed by atoms with van der Waals surface area (Å²) in [5.41, 5.74) is 10.3. The molecule has 0 aliphatic rings. The highest BCUT2D eigenvalue weighted by atomic mass is 79.9. The monoisotopic (exact) mass is 337 g/mol. The predicted octanol–water partition coefficient (Wildman–Crippen LogP) is 4.26. The minimum atomic E-state index is -0.376. The molecule has 2 nitrogen and oxygen atoms in total. The van der Waals surface area contributed by atoms with Gasteiger partial charge in [-0.2, -0.15) is 0 Å². The zero-order chi connectivity index (χ0) is 14.9. The summed E-state index contributed by atoms with van der Waals surface area (Å²) >= 11 is 3.36. The van der Waals surface area contributed by atoms with E-state index in [0.29, 0.717) is 4.47 Å². The maximum absolute atomic E-state index is 13.2. The number of hydrogen-bond donors (Lipinski definition) is 1. The molecule has 4 heteroatoms. The lowest BCUT2D eigenvalue weighted by Gasteiger charge is -2.20. The molecule has 0 saturated heterocycles. The maximum atomic E-state index is 13.2. The van der Waals surface area contributed by atoms with E-state index >= 15 is 0 Å². The van der Waals surface area contributed by atoms with Gasteiger partial charge in [0.05, 0.1) is 13.2 Å². The van der Waals surface area contributed by atoms with Crippen molar-refractivity contribution in [2.24, 2.45) is 5.73 Å². The van der Waals surface area contributed by atoms with Crippen LogP contribution in [-0.4, -0.2) is 7.11 Å². The molecule has 20 heavy (non-hydrogen) atoms. The highest BCUT2D eigenvalue weighted by Crippen LogP contribution is 2.35. The van der Waals surface area contributed by atoms with Crippen LogP contribution in [-0.2, 0) is 0 Å². The summed E-state index contributed by atoms with van der Waals surface area (Å²) in [6, 6.07) is 8.13. The van der Waals surface area contributed by atoms with E-state index in [4.69, 9.17) is 10.5 Å². The molecule has 0 aliphatic heterocycles. The van der Waals surface area contributed by atoms with Crippen LogP contribution in [0.4, 0.5) is 4.39 Å². The lowest BCUT2D eigenvalue weighted by molar-refractivity contribution is 0.404. The van der Waals surface area contributed by atoms with Crippen molar-refractivity contribution in [3.8, 4) is 5.75 Å². The predicted molar refractivity (Wildman–Crippen MR) is 82.6 cm³/mol. The van der Waals surface area contributed by atoms with Gasteiger partial charge in [-0.05, 0) is 42.7 Å². The molecule has 2 aromatic rings. The Morgan fingerprint density at radius 2 is 1.80 bits per heavy atom. The van der Waals surface area contributed by atoms with Crippen molar-refractivity contribution in [3.05, 3.63) is 62.9 Å². The highest BCUT2D eigenvalue weighted by Gasteiger charge is 2.18. The molecule has 0 amide bonds. The molecule has 2 aromatic carbocycles. The Kier molecular flexibility index (Phi) is 4.45. The van der Waals surface area contributed by atoms with Crippen molar-refractivity contribution >= 4 is 15.9 Å². The van der Waals surface area contributed by atoms with E-state index in [0.717, 1.165) is 28.0 Å². The number of halogens is 2. The zero-order valence-corrected chi connectivity index (χ0v) is 13.3. The smallest absolute Gasteiger partial charge is 0.127 e. The minimum Gasteiger partial charge on any atom is -0.496 e. The topological polar surface area (TPSA) is 35.2 Å². The van der Waals surface area contributed by atoms with Gasteiger partial charge in [-0.3, -0.25) is 0 Å². The molecule has 0 aliphatic carbocycles. The van der Waals surface area contributed by atoms with Gasteiger partial charge < -0.3 is 10.5 Å². The molecule has 0 bridgehead atoms. The lowest BCUT2D eigenvalue weighted by atomic mass is 9.95. The molecule has 1 atom stereocenters. The first kappa shape index (κ1) is 15.0. The Labute approximate surface area is 126 Å². The van der Waals surface area contributed by atoms with E-state index in [-0.39, 0.29) is 11.9 Å². The van der Waals surface area contributed by atoms with Crippen LogP contribution in [0.3, 0.4) is 0 Å². The molecule has 106 valence electrons. The van der Waals surface area contributed by atoms with Crippen LogP contribution in [0.25, 0.3) is 0 Å². The summed E-state index contributed by atoms with van der Waals surface area (Å²) in [5.74, 6) is 0.494. The average Bonchev–Trinajstić information content (AvgIpc) is 2.41. The molecular weight excluding hydrogens is 321 g/mol. The second-order valence-corrected chi connectivity index (χ2v) is 5.63. The maximum Gasteiger partial charge on any atom is 0.127 e. The van der Waals surface area contributed by atoms with Crippen LogP contribution in [0.5, 0.6) is 5.75 Å². The summed E-state index contributed by atoms with van der Waals surface area (Å²) < 4.78 is 19.3. The highest BCUT2D eigenvalue weighted by molar-refractivity contribution is 9.10. The Morgan fingerprint density at radius 3 is 2.40 bits per heavy atom. The van der Waals surface area contributed by atoms with E-state index in [2.05, 4.69) is 15.9 Å². The van der Waals surface area contributed by atoms with E-state index in [1.54, 1.807) is 13.2 Å². The van der Waals surface area contributed by atoms with Gasteiger partial charge in [0, 0.05) is 10.0 Å². The molecular formula is C16H17BrFNO. The van der Waals surface area contributed by atoms with Gasteiger partial charge in [-0.15, -0.1) is 0 Å². The van der Waals surface area contributed by atoms with Gasteiger partial charge in [-0.1, -0.05) is 34.1 Å². The summed E-state index contributed by atoms with van der Waals surface area (Å²) in [6.07, 6.45) is 0. The van der Waals surface area contributed by atoms with Crippen molar-refractivity contribution in [2.45, 2.75) is 19.9 Å². The van der Waals surface area contributed by atoms with Crippen LogP contribution in [0.15, 0.2) is 34.8 Å². The first-order valence-electron chi connectivity index (χ1n) is 6.30. The number of hydrogen-bond acceptors (Lipinski definition) is 2. The number of nitrogens with two attached hydrogens (primary N) is 1. The van der Waals surface area contributed by atoms with Crippen molar-refractivity contribution in [2.75, 3.05) is 7.11 Å². The quantitative estimate of drug-likeness (QED) is 0.907. The SMILES string of the molecule is COc1c(C(N)c2ccc(F)cc2Br)ccc(C)c1C. The first-order valence-corrected chi connectivity index (χ1v) is 7.09. The van der Waals surface area contributed by atoms with Crippen molar-refractivity contribution in [1.82, 2.24) is 0 Å². The number of rotatable bonds is 3. The number of methoxy groups -OCH3 is 1. The molecule has 2 N–H and O–H groups in total. The van der Waals surface area contributed by atoms with Crippen molar-refractivity contribution in [1.29, 1.82) is 0 Å². The second-order valence-electron chi connectivity index (χ2n) is 4.77. The van der Waals surface area contributed by atoms with Crippen LogP contribution in [0.2, 0.25) is 0 Å². The molecule has 2 rings (SSSR count). The molecule has 0 spiro atoms. The largest absolute Gasteiger partial charge is 0.496 e.